The van der Waals surface area contributed by atoms with E-state index in [2.05, 4.69) is 33.2 Å². The number of hydrogen-bond acceptors (Lipinski definition) is 6. The molecule has 0 spiro atoms. The summed E-state index contributed by atoms with van der Waals surface area (Å²) in [5.74, 6) is 1.06. The monoisotopic (exact) mass is 381 g/mol. The average Bonchev–Trinajstić information content (AvgIpc) is 2.75. The zero-order chi connectivity index (χ0) is 19.3. The van der Waals surface area contributed by atoms with Crippen molar-refractivity contribution in [3.05, 3.63) is 42.2 Å². The Kier molecular flexibility index (Phi) is 5.71. The van der Waals surface area contributed by atoms with Crippen LogP contribution in [0.3, 0.4) is 0 Å². The van der Waals surface area contributed by atoms with Gasteiger partial charge in [-0.1, -0.05) is 19.1 Å². The lowest BCUT2D eigenvalue weighted by Crippen LogP contribution is -2.39. The fourth-order valence-electron chi connectivity index (χ4n) is 3.84. The smallest absolute Gasteiger partial charge is 0.257 e. The summed E-state index contributed by atoms with van der Waals surface area (Å²) in [4.78, 5) is 25.7. The van der Waals surface area contributed by atoms with Gasteiger partial charge < -0.3 is 19.9 Å². The molecule has 4 rings (SSSR count). The topological polar surface area (TPSA) is 70.6 Å². The minimum Gasteiger partial charge on any atom is -0.378 e. The lowest BCUT2D eigenvalue weighted by Gasteiger charge is -2.31. The number of amides is 1. The minimum absolute atomic E-state index is 0.0202. The van der Waals surface area contributed by atoms with Gasteiger partial charge in [-0.25, -0.2) is 9.97 Å². The van der Waals surface area contributed by atoms with E-state index in [4.69, 9.17) is 4.74 Å². The number of ether oxygens (including phenoxy) is 1. The van der Waals surface area contributed by atoms with Gasteiger partial charge in [0.2, 0.25) is 5.95 Å². The molecule has 7 nitrogen and oxygen atoms in total. The summed E-state index contributed by atoms with van der Waals surface area (Å²) in [6, 6.07) is 8.12. The van der Waals surface area contributed by atoms with Gasteiger partial charge >= 0.3 is 0 Å². The number of aromatic nitrogens is 2. The van der Waals surface area contributed by atoms with Crippen molar-refractivity contribution in [2.45, 2.75) is 19.8 Å². The number of carbonyl (C=O) groups excluding carboxylic acids is 1. The molecule has 0 aliphatic carbocycles. The highest BCUT2D eigenvalue weighted by atomic mass is 16.5. The molecule has 0 bridgehead atoms. The third kappa shape index (κ3) is 4.25. The Hall–Kier alpha value is -2.67. The molecule has 1 N–H and O–H groups in total. The summed E-state index contributed by atoms with van der Waals surface area (Å²) in [6.07, 6.45) is 5.49. The number of rotatable bonds is 4. The number of para-hydroxylation sites is 2. The van der Waals surface area contributed by atoms with Gasteiger partial charge in [0.05, 0.1) is 30.2 Å². The summed E-state index contributed by atoms with van der Waals surface area (Å²) in [6.45, 7) is 7.01. The Morgan fingerprint density at radius 1 is 1.14 bits per heavy atom. The molecule has 2 aliphatic rings. The van der Waals surface area contributed by atoms with Gasteiger partial charge in [-0.3, -0.25) is 4.79 Å². The summed E-state index contributed by atoms with van der Waals surface area (Å²) >= 11 is 0. The first-order valence-corrected chi connectivity index (χ1v) is 10.0. The number of morpholine rings is 1. The fourth-order valence-corrected chi connectivity index (χ4v) is 3.84. The molecule has 0 saturated carbocycles. The highest BCUT2D eigenvalue weighted by Crippen LogP contribution is 2.28. The standard InChI is InChI=1S/C21H27N5O2/c1-16-5-4-8-26(15-16)20(27)17-13-22-21(23-14-17)24-18-6-2-3-7-19(18)25-9-11-28-12-10-25/h2-3,6-7,13-14,16H,4-5,8-12,15H2,1H3,(H,22,23,24). The molecule has 2 aliphatic heterocycles. The van der Waals surface area contributed by atoms with Crippen molar-refractivity contribution in [2.75, 3.05) is 49.6 Å². The molecule has 148 valence electrons. The first kappa shape index (κ1) is 18.7. The van der Waals surface area contributed by atoms with Crippen molar-refractivity contribution in [3.63, 3.8) is 0 Å². The van der Waals surface area contributed by atoms with E-state index in [-0.39, 0.29) is 5.91 Å². The Balaban J connectivity index is 1.46. The van der Waals surface area contributed by atoms with Crippen molar-refractivity contribution in [2.24, 2.45) is 5.92 Å². The van der Waals surface area contributed by atoms with Crippen LogP contribution in [0.2, 0.25) is 0 Å². The molecule has 2 saturated heterocycles. The Morgan fingerprint density at radius 3 is 2.64 bits per heavy atom. The van der Waals surface area contributed by atoms with Crippen LogP contribution >= 0.6 is 0 Å². The largest absolute Gasteiger partial charge is 0.378 e. The van der Waals surface area contributed by atoms with Gasteiger partial charge in [0, 0.05) is 38.6 Å². The summed E-state index contributed by atoms with van der Waals surface area (Å²) < 4.78 is 5.45. The predicted molar refractivity (Wildman–Crippen MR) is 109 cm³/mol. The third-order valence-corrected chi connectivity index (χ3v) is 5.35. The number of anilines is 3. The molecule has 28 heavy (non-hydrogen) atoms. The van der Waals surface area contributed by atoms with Crippen LogP contribution in [-0.2, 0) is 4.74 Å². The van der Waals surface area contributed by atoms with Gasteiger partial charge in [-0.2, -0.15) is 0 Å². The number of piperidine rings is 1. The molecular formula is C21H27N5O2. The molecule has 1 aromatic carbocycles. The fraction of sp³-hybridized carbons (Fsp3) is 0.476. The van der Waals surface area contributed by atoms with Crippen LogP contribution in [-0.4, -0.2) is 60.2 Å². The SMILES string of the molecule is CC1CCCN(C(=O)c2cnc(Nc3ccccc3N3CCOCC3)nc2)C1. The Labute approximate surface area is 165 Å². The second-order valence-corrected chi connectivity index (χ2v) is 7.54. The van der Waals surface area contributed by atoms with E-state index in [0.717, 1.165) is 57.2 Å². The molecule has 1 unspecified atom stereocenters. The van der Waals surface area contributed by atoms with E-state index in [9.17, 15) is 4.79 Å². The van der Waals surface area contributed by atoms with E-state index in [0.29, 0.717) is 17.4 Å². The quantitative estimate of drug-likeness (QED) is 0.878. The van der Waals surface area contributed by atoms with Crippen molar-refractivity contribution in [1.82, 2.24) is 14.9 Å². The maximum Gasteiger partial charge on any atom is 0.257 e. The molecule has 7 heteroatoms. The lowest BCUT2D eigenvalue weighted by atomic mass is 10.00. The predicted octanol–water partition coefficient (Wildman–Crippen LogP) is 2.93. The highest BCUT2D eigenvalue weighted by Gasteiger charge is 2.22. The van der Waals surface area contributed by atoms with Crippen molar-refractivity contribution < 1.29 is 9.53 Å². The van der Waals surface area contributed by atoms with Crippen LogP contribution in [0.5, 0.6) is 0 Å². The van der Waals surface area contributed by atoms with Gasteiger partial charge in [0.25, 0.3) is 5.91 Å². The molecule has 3 heterocycles. The van der Waals surface area contributed by atoms with E-state index in [1.807, 2.05) is 23.1 Å². The number of carbonyl (C=O) groups is 1. The third-order valence-electron chi connectivity index (χ3n) is 5.35. The van der Waals surface area contributed by atoms with Crippen molar-refractivity contribution >= 4 is 23.2 Å². The normalized spacial score (nSPS) is 20.1. The van der Waals surface area contributed by atoms with Crippen LogP contribution in [0.25, 0.3) is 0 Å². The Morgan fingerprint density at radius 2 is 1.89 bits per heavy atom. The molecule has 1 aromatic heterocycles. The van der Waals surface area contributed by atoms with Gasteiger partial charge in [0.1, 0.15) is 0 Å². The van der Waals surface area contributed by atoms with Gasteiger partial charge in [0.15, 0.2) is 0 Å². The maximum absolute atomic E-state index is 12.7. The van der Waals surface area contributed by atoms with Crippen LogP contribution in [0.15, 0.2) is 36.7 Å². The molecule has 2 aromatic rings. The van der Waals surface area contributed by atoms with Gasteiger partial charge in [-0.15, -0.1) is 0 Å². The Bertz CT molecular complexity index is 805. The summed E-state index contributed by atoms with van der Waals surface area (Å²) in [5, 5.41) is 3.29. The van der Waals surface area contributed by atoms with E-state index in [1.165, 1.54) is 6.42 Å². The van der Waals surface area contributed by atoms with Crippen LogP contribution in [0, 0.1) is 5.92 Å². The second kappa shape index (κ2) is 8.56. The van der Waals surface area contributed by atoms with Crippen molar-refractivity contribution in [1.29, 1.82) is 0 Å². The van der Waals surface area contributed by atoms with E-state index < -0.39 is 0 Å². The molecule has 0 radical (unpaired) electrons. The number of likely N-dealkylation sites (tertiary alicyclic amines) is 1. The summed E-state index contributed by atoms with van der Waals surface area (Å²) in [5.41, 5.74) is 2.60. The van der Waals surface area contributed by atoms with Gasteiger partial charge in [-0.05, 0) is 30.9 Å². The zero-order valence-electron chi connectivity index (χ0n) is 16.3. The maximum atomic E-state index is 12.7. The van der Waals surface area contributed by atoms with E-state index in [1.54, 1.807) is 12.4 Å². The first-order valence-electron chi connectivity index (χ1n) is 10.0. The zero-order valence-corrected chi connectivity index (χ0v) is 16.3. The second-order valence-electron chi connectivity index (χ2n) is 7.54. The average molecular weight is 381 g/mol. The van der Waals surface area contributed by atoms with E-state index >= 15 is 0 Å². The van der Waals surface area contributed by atoms with Crippen LogP contribution in [0.4, 0.5) is 17.3 Å². The summed E-state index contributed by atoms with van der Waals surface area (Å²) in [7, 11) is 0. The van der Waals surface area contributed by atoms with Crippen molar-refractivity contribution in [3.8, 4) is 0 Å². The highest BCUT2D eigenvalue weighted by molar-refractivity contribution is 5.93. The number of benzene rings is 1. The number of hydrogen-bond donors (Lipinski definition) is 1. The van der Waals surface area contributed by atoms with Crippen LogP contribution in [0.1, 0.15) is 30.1 Å². The van der Waals surface area contributed by atoms with Crippen LogP contribution < -0.4 is 10.2 Å². The first-order chi connectivity index (χ1) is 13.7. The molecular weight excluding hydrogens is 354 g/mol. The lowest BCUT2D eigenvalue weighted by molar-refractivity contribution is 0.0682. The number of nitrogens with zero attached hydrogens (tertiary/aromatic N) is 4. The molecule has 2 fully saturated rings. The molecule has 1 amide bonds. The minimum atomic E-state index is 0.0202. The molecule has 1 atom stereocenters. The number of nitrogens with one attached hydrogen (secondary N) is 1.